The summed E-state index contributed by atoms with van der Waals surface area (Å²) in [4.78, 5) is 18.3. The Morgan fingerprint density at radius 1 is 1.20 bits per heavy atom. The number of anilines is 2. The maximum absolute atomic E-state index is 13.1. The molecule has 4 nitrogen and oxygen atoms in total. The van der Waals surface area contributed by atoms with E-state index in [1.165, 1.54) is 18.3 Å². The smallest absolute Gasteiger partial charge is 0.371 e. The normalized spacial score (nSPS) is 11.3. The number of halogens is 4. The van der Waals surface area contributed by atoms with Gasteiger partial charge in [-0.3, -0.25) is 4.79 Å². The summed E-state index contributed by atoms with van der Waals surface area (Å²) in [6, 6.07) is 6.36. The van der Waals surface area contributed by atoms with Crippen LogP contribution in [-0.2, 0) is 6.18 Å². The van der Waals surface area contributed by atoms with Crippen molar-refractivity contribution in [1.82, 2.24) is 4.98 Å². The monoisotopic (exact) mass is 371 g/mol. The number of amides is 1. The molecule has 8 heteroatoms. The molecule has 1 aromatic carbocycles. The molecule has 0 unspecified atom stereocenters. The Hall–Kier alpha value is -2.28. The maximum Gasteiger partial charge on any atom is 0.418 e. The minimum Gasteiger partial charge on any atom is -0.371 e. The molecule has 1 N–H and O–H groups in total. The Morgan fingerprint density at radius 3 is 2.40 bits per heavy atom. The van der Waals surface area contributed by atoms with Crippen LogP contribution in [0.3, 0.4) is 0 Å². The zero-order chi connectivity index (χ0) is 18.6. The molecule has 25 heavy (non-hydrogen) atoms. The summed E-state index contributed by atoms with van der Waals surface area (Å²) in [6.07, 6.45) is -3.11. The molecule has 0 aliphatic rings. The SMILES string of the molecule is CCN(CC)c1ccc(C(=O)Nc2ccc(Cl)cc2C(F)(F)F)nc1. The van der Waals surface area contributed by atoms with Gasteiger partial charge in [-0.25, -0.2) is 4.98 Å². The van der Waals surface area contributed by atoms with E-state index in [0.717, 1.165) is 30.9 Å². The fraction of sp³-hybridized carbons (Fsp3) is 0.294. The van der Waals surface area contributed by atoms with Gasteiger partial charge in [0.15, 0.2) is 0 Å². The standard InChI is InChI=1S/C17H17ClF3N3O/c1-3-24(4-2)12-6-8-15(22-10-12)16(25)23-14-7-5-11(18)9-13(14)17(19,20)21/h5-10H,3-4H2,1-2H3,(H,23,25). The molecule has 0 spiro atoms. The molecule has 0 saturated carbocycles. The highest BCUT2D eigenvalue weighted by Gasteiger charge is 2.34. The Bertz CT molecular complexity index is 744. The number of aromatic nitrogens is 1. The lowest BCUT2D eigenvalue weighted by Gasteiger charge is -2.20. The van der Waals surface area contributed by atoms with Gasteiger partial charge in [-0.1, -0.05) is 11.6 Å². The van der Waals surface area contributed by atoms with Crippen LogP contribution in [0.15, 0.2) is 36.5 Å². The van der Waals surface area contributed by atoms with Crippen LogP contribution in [0, 0.1) is 0 Å². The second-order valence-corrected chi connectivity index (χ2v) is 5.65. The molecule has 0 saturated heterocycles. The van der Waals surface area contributed by atoms with Crippen LogP contribution in [0.25, 0.3) is 0 Å². The summed E-state index contributed by atoms with van der Waals surface area (Å²) in [7, 11) is 0. The van der Waals surface area contributed by atoms with Crippen molar-refractivity contribution in [2.75, 3.05) is 23.3 Å². The average Bonchev–Trinajstić information content (AvgIpc) is 2.57. The molecule has 0 atom stereocenters. The molecule has 1 aromatic heterocycles. The largest absolute Gasteiger partial charge is 0.418 e. The molecule has 2 rings (SSSR count). The Balaban J connectivity index is 2.23. The summed E-state index contributed by atoms with van der Waals surface area (Å²) in [5.41, 5.74) is -0.507. The topological polar surface area (TPSA) is 45.2 Å². The number of rotatable bonds is 5. The molecule has 0 radical (unpaired) electrons. The van der Waals surface area contributed by atoms with E-state index in [4.69, 9.17) is 11.6 Å². The number of carbonyl (C=O) groups is 1. The van der Waals surface area contributed by atoms with Crippen LogP contribution >= 0.6 is 11.6 Å². The van der Waals surface area contributed by atoms with Gasteiger partial charge in [0.1, 0.15) is 5.69 Å². The predicted molar refractivity (Wildman–Crippen MR) is 92.2 cm³/mol. The van der Waals surface area contributed by atoms with Gasteiger partial charge in [0.25, 0.3) is 5.91 Å². The third-order valence-electron chi connectivity index (χ3n) is 3.64. The lowest BCUT2D eigenvalue weighted by molar-refractivity contribution is -0.136. The van der Waals surface area contributed by atoms with Crippen molar-refractivity contribution < 1.29 is 18.0 Å². The van der Waals surface area contributed by atoms with Crippen LogP contribution in [0.5, 0.6) is 0 Å². The third-order valence-corrected chi connectivity index (χ3v) is 3.88. The number of pyridine rings is 1. The third kappa shape index (κ3) is 4.63. The first-order valence-corrected chi connectivity index (χ1v) is 8.03. The summed E-state index contributed by atoms with van der Waals surface area (Å²) in [5.74, 6) is -0.723. The van der Waals surface area contributed by atoms with Gasteiger partial charge in [-0.15, -0.1) is 0 Å². The van der Waals surface area contributed by atoms with Crippen molar-refractivity contribution in [1.29, 1.82) is 0 Å². The van der Waals surface area contributed by atoms with E-state index in [-0.39, 0.29) is 16.4 Å². The van der Waals surface area contributed by atoms with Gasteiger partial charge in [-0.2, -0.15) is 13.2 Å². The second-order valence-electron chi connectivity index (χ2n) is 5.22. The summed E-state index contributed by atoms with van der Waals surface area (Å²) >= 11 is 5.62. The van der Waals surface area contributed by atoms with Crippen molar-refractivity contribution >= 4 is 28.9 Å². The van der Waals surface area contributed by atoms with Crippen LogP contribution in [-0.4, -0.2) is 24.0 Å². The Morgan fingerprint density at radius 2 is 1.88 bits per heavy atom. The number of nitrogens with zero attached hydrogens (tertiary/aromatic N) is 2. The van der Waals surface area contributed by atoms with Gasteiger partial charge in [0.2, 0.25) is 0 Å². The van der Waals surface area contributed by atoms with Crippen molar-refractivity contribution in [3.05, 3.63) is 52.8 Å². The number of alkyl halides is 3. The zero-order valence-corrected chi connectivity index (χ0v) is 14.4. The van der Waals surface area contributed by atoms with Crippen molar-refractivity contribution in [3.8, 4) is 0 Å². The van der Waals surface area contributed by atoms with E-state index in [0.29, 0.717) is 0 Å². The quantitative estimate of drug-likeness (QED) is 0.817. The van der Waals surface area contributed by atoms with Crippen LogP contribution in [0.1, 0.15) is 29.9 Å². The maximum atomic E-state index is 13.1. The molecule has 0 bridgehead atoms. The van der Waals surface area contributed by atoms with E-state index in [2.05, 4.69) is 10.3 Å². The highest BCUT2D eigenvalue weighted by atomic mass is 35.5. The number of hydrogen-bond donors (Lipinski definition) is 1. The molecule has 0 aliphatic heterocycles. The highest BCUT2D eigenvalue weighted by Crippen LogP contribution is 2.36. The number of nitrogens with one attached hydrogen (secondary N) is 1. The van der Waals surface area contributed by atoms with Gasteiger partial charge in [0.05, 0.1) is 23.1 Å². The molecule has 2 aromatic rings. The zero-order valence-electron chi connectivity index (χ0n) is 13.7. The Kier molecular flexibility index (Phi) is 5.89. The molecule has 0 aliphatic carbocycles. The first kappa shape index (κ1) is 19.1. The summed E-state index contributed by atoms with van der Waals surface area (Å²) in [5, 5.41) is 2.18. The molecular weight excluding hydrogens is 355 g/mol. The van der Waals surface area contributed by atoms with Gasteiger partial charge in [0, 0.05) is 18.1 Å². The Labute approximate surface area is 148 Å². The average molecular weight is 372 g/mol. The van der Waals surface area contributed by atoms with Crippen LogP contribution in [0.4, 0.5) is 24.5 Å². The summed E-state index contributed by atoms with van der Waals surface area (Å²) in [6.45, 7) is 5.54. The fourth-order valence-electron chi connectivity index (χ4n) is 2.34. The van der Waals surface area contributed by atoms with Gasteiger partial charge in [-0.05, 0) is 44.2 Å². The minimum atomic E-state index is -4.63. The first-order valence-electron chi connectivity index (χ1n) is 7.65. The van der Waals surface area contributed by atoms with Gasteiger partial charge >= 0.3 is 6.18 Å². The van der Waals surface area contributed by atoms with E-state index >= 15 is 0 Å². The lowest BCUT2D eigenvalue weighted by atomic mass is 10.1. The van der Waals surface area contributed by atoms with Gasteiger partial charge < -0.3 is 10.2 Å². The van der Waals surface area contributed by atoms with Crippen molar-refractivity contribution in [2.45, 2.75) is 20.0 Å². The minimum absolute atomic E-state index is 0.0268. The number of benzene rings is 1. The highest BCUT2D eigenvalue weighted by molar-refractivity contribution is 6.30. The predicted octanol–water partition coefficient (Wildman–Crippen LogP) is 4.85. The lowest BCUT2D eigenvalue weighted by Crippen LogP contribution is -2.22. The second kappa shape index (κ2) is 7.74. The molecule has 134 valence electrons. The number of carbonyl (C=O) groups excluding carboxylic acids is 1. The molecule has 1 heterocycles. The molecule has 0 fully saturated rings. The molecule has 1 amide bonds. The van der Waals surface area contributed by atoms with E-state index in [9.17, 15) is 18.0 Å². The summed E-state index contributed by atoms with van der Waals surface area (Å²) < 4.78 is 39.2. The first-order chi connectivity index (χ1) is 11.8. The van der Waals surface area contributed by atoms with E-state index < -0.39 is 17.6 Å². The molecular formula is C17H17ClF3N3O. The fourth-order valence-corrected chi connectivity index (χ4v) is 2.51. The van der Waals surface area contributed by atoms with E-state index in [1.807, 2.05) is 18.7 Å². The number of hydrogen-bond acceptors (Lipinski definition) is 3. The van der Waals surface area contributed by atoms with Crippen molar-refractivity contribution in [2.24, 2.45) is 0 Å². The van der Waals surface area contributed by atoms with E-state index in [1.54, 1.807) is 6.07 Å². The van der Waals surface area contributed by atoms with Crippen molar-refractivity contribution in [3.63, 3.8) is 0 Å². The van der Waals surface area contributed by atoms with Crippen LogP contribution < -0.4 is 10.2 Å². The van der Waals surface area contributed by atoms with Crippen LogP contribution in [0.2, 0.25) is 5.02 Å².